The average Bonchev–Trinajstić information content (AvgIpc) is 2.41. The van der Waals surface area contributed by atoms with E-state index in [1.165, 1.54) is 12.1 Å². The van der Waals surface area contributed by atoms with Gasteiger partial charge in [-0.2, -0.15) is 13.2 Å². The highest BCUT2D eigenvalue weighted by Crippen LogP contribution is 2.38. The number of benzene rings is 1. The van der Waals surface area contributed by atoms with E-state index < -0.39 is 17.4 Å². The molecule has 0 saturated carbocycles. The van der Waals surface area contributed by atoms with Gasteiger partial charge in [-0.15, -0.1) is 0 Å². The summed E-state index contributed by atoms with van der Waals surface area (Å²) >= 11 is 17.6. The van der Waals surface area contributed by atoms with Crippen LogP contribution >= 0.6 is 34.8 Å². The molecule has 0 bridgehead atoms. The highest BCUT2D eigenvalue weighted by atomic mass is 35.5. The second-order valence-corrected chi connectivity index (χ2v) is 5.24. The molecule has 110 valence electrons. The lowest BCUT2D eigenvalue weighted by Crippen LogP contribution is -2.10. The fraction of sp³-hybridized carbons (Fsp3) is 0.0769. The molecule has 0 aliphatic heterocycles. The summed E-state index contributed by atoms with van der Waals surface area (Å²) < 4.78 is 38.7. The topological polar surface area (TPSA) is 30.0 Å². The van der Waals surface area contributed by atoms with E-state index in [-0.39, 0.29) is 32.5 Å². The standard InChI is InChI=1S/C13H5Cl3F3NO/c14-9-3-11(16)10(15)2-7(9)6-1-8(13(17,18)19)12(5-21)20-4-6/h1-5H. The third-order valence-electron chi connectivity index (χ3n) is 2.66. The number of carbonyl (C=O) groups excluding carboxylic acids is 1. The number of hydrogen-bond donors (Lipinski definition) is 0. The highest BCUT2D eigenvalue weighted by molar-refractivity contribution is 6.44. The Balaban J connectivity index is 2.66. The molecule has 0 N–H and O–H groups in total. The van der Waals surface area contributed by atoms with E-state index in [0.29, 0.717) is 0 Å². The van der Waals surface area contributed by atoms with Crippen LogP contribution in [0, 0.1) is 0 Å². The molecule has 0 amide bonds. The third-order valence-corrected chi connectivity index (χ3v) is 3.69. The van der Waals surface area contributed by atoms with Crippen LogP contribution in [0.2, 0.25) is 15.1 Å². The summed E-state index contributed by atoms with van der Waals surface area (Å²) in [6.07, 6.45) is -3.55. The number of carbonyl (C=O) groups is 1. The van der Waals surface area contributed by atoms with Crippen molar-refractivity contribution >= 4 is 41.1 Å². The van der Waals surface area contributed by atoms with Crippen molar-refractivity contribution < 1.29 is 18.0 Å². The first-order chi connectivity index (χ1) is 9.74. The maximum absolute atomic E-state index is 12.9. The van der Waals surface area contributed by atoms with Crippen molar-refractivity contribution in [3.05, 3.63) is 50.7 Å². The summed E-state index contributed by atoms with van der Waals surface area (Å²) in [4.78, 5) is 14.2. The van der Waals surface area contributed by atoms with Gasteiger partial charge in [0.05, 0.1) is 20.6 Å². The fourth-order valence-corrected chi connectivity index (χ4v) is 2.34. The number of alkyl halides is 3. The van der Waals surface area contributed by atoms with Crippen LogP contribution in [0.4, 0.5) is 13.2 Å². The lowest BCUT2D eigenvalue weighted by atomic mass is 10.0. The number of halogens is 6. The van der Waals surface area contributed by atoms with Crippen molar-refractivity contribution in [2.45, 2.75) is 6.18 Å². The summed E-state index contributed by atoms with van der Waals surface area (Å²) in [7, 11) is 0. The summed E-state index contributed by atoms with van der Waals surface area (Å²) in [6, 6.07) is 3.45. The summed E-state index contributed by atoms with van der Waals surface area (Å²) in [5.74, 6) is 0. The second kappa shape index (κ2) is 5.83. The normalized spacial score (nSPS) is 11.5. The third kappa shape index (κ3) is 3.31. The van der Waals surface area contributed by atoms with Crippen molar-refractivity contribution in [1.82, 2.24) is 4.98 Å². The molecule has 0 aliphatic rings. The molecule has 0 aliphatic carbocycles. The molecule has 21 heavy (non-hydrogen) atoms. The van der Waals surface area contributed by atoms with Gasteiger partial charge in [0.2, 0.25) is 0 Å². The minimum absolute atomic E-state index is 0.0447. The Labute approximate surface area is 132 Å². The molecule has 2 rings (SSSR count). The monoisotopic (exact) mass is 353 g/mol. The quantitative estimate of drug-likeness (QED) is 0.523. The fourth-order valence-electron chi connectivity index (χ4n) is 1.69. The maximum atomic E-state index is 12.9. The van der Waals surface area contributed by atoms with Crippen molar-refractivity contribution in [3.63, 3.8) is 0 Å². The van der Waals surface area contributed by atoms with Crippen LogP contribution in [-0.4, -0.2) is 11.3 Å². The van der Waals surface area contributed by atoms with E-state index in [0.717, 1.165) is 12.3 Å². The molecule has 8 heteroatoms. The zero-order valence-corrected chi connectivity index (χ0v) is 12.3. The Morgan fingerprint density at radius 1 is 1.00 bits per heavy atom. The number of aromatic nitrogens is 1. The predicted octanol–water partition coefficient (Wildman–Crippen LogP) is 5.54. The number of hydrogen-bond acceptors (Lipinski definition) is 2. The molecule has 0 saturated heterocycles. The van der Waals surface area contributed by atoms with Gasteiger partial charge < -0.3 is 0 Å². The molecular weight excluding hydrogens is 350 g/mol. The van der Waals surface area contributed by atoms with Gasteiger partial charge in [0.25, 0.3) is 0 Å². The first-order valence-corrected chi connectivity index (χ1v) is 6.54. The van der Waals surface area contributed by atoms with E-state index in [1.807, 2.05) is 0 Å². The molecule has 2 aromatic rings. The molecule has 0 spiro atoms. The molecule has 1 aromatic heterocycles. The van der Waals surface area contributed by atoms with Crippen LogP contribution in [0.15, 0.2) is 24.4 Å². The first kappa shape index (κ1) is 16.1. The molecule has 0 radical (unpaired) electrons. The summed E-state index contributed by atoms with van der Waals surface area (Å²) in [5, 5.41) is 0.446. The summed E-state index contributed by atoms with van der Waals surface area (Å²) in [5.41, 5.74) is -1.52. The van der Waals surface area contributed by atoms with Gasteiger partial charge in [0, 0.05) is 17.3 Å². The largest absolute Gasteiger partial charge is 0.418 e. The van der Waals surface area contributed by atoms with E-state index >= 15 is 0 Å². The highest BCUT2D eigenvalue weighted by Gasteiger charge is 2.34. The van der Waals surface area contributed by atoms with E-state index in [4.69, 9.17) is 34.8 Å². The Bertz CT molecular complexity index is 717. The summed E-state index contributed by atoms with van der Waals surface area (Å²) in [6.45, 7) is 0. The minimum Gasteiger partial charge on any atom is -0.296 e. The van der Waals surface area contributed by atoms with Gasteiger partial charge in [-0.3, -0.25) is 9.78 Å². The number of pyridine rings is 1. The molecule has 0 unspecified atom stereocenters. The van der Waals surface area contributed by atoms with E-state index in [2.05, 4.69) is 4.98 Å². The SMILES string of the molecule is O=Cc1ncc(-c2cc(Cl)c(Cl)cc2Cl)cc1C(F)(F)F. The van der Waals surface area contributed by atoms with Crippen molar-refractivity contribution in [3.8, 4) is 11.1 Å². The predicted molar refractivity (Wildman–Crippen MR) is 75.1 cm³/mol. The molecule has 1 heterocycles. The van der Waals surface area contributed by atoms with Gasteiger partial charge in [0.1, 0.15) is 5.69 Å². The van der Waals surface area contributed by atoms with Crippen molar-refractivity contribution in [2.24, 2.45) is 0 Å². The second-order valence-electron chi connectivity index (χ2n) is 4.02. The van der Waals surface area contributed by atoms with Gasteiger partial charge in [0.15, 0.2) is 6.29 Å². The van der Waals surface area contributed by atoms with Crippen LogP contribution in [0.1, 0.15) is 16.1 Å². The van der Waals surface area contributed by atoms with Crippen LogP contribution in [0.5, 0.6) is 0 Å². The van der Waals surface area contributed by atoms with Gasteiger partial charge in [-0.05, 0) is 18.2 Å². The Morgan fingerprint density at radius 3 is 2.19 bits per heavy atom. The Kier molecular flexibility index (Phi) is 4.46. The molecule has 0 fully saturated rings. The zero-order valence-electron chi connectivity index (χ0n) is 10.0. The van der Waals surface area contributed by atoms with Crippen LogP contribution in [0.25, 0.3) is 11.1 Å². The van der Waals surface area contributed by atoms with Crippen LogP contribution in [0.3, 0.4) is 0 Å². The number of rotatable bonds is 2. The van der Waals surface area contributed by atoms with E-state index in [1.54, 1.807) is 0 Å². The average molecular weight is 355 g/mol. The van der Waals surface area contributed by atoms with Crippen LogP contribution in [-0.2, 0) is 6.18 Å². The zero-order chi connectivity index (χ0) is 15.8. The Hall–Kier alpha value is -1.30. The Morgan fingerprint density at radius 2 is 1.62 bits per heavy atom. The van der Waals surface area contributed by atoms with Gasteiger partial charge in [-0.1, -0.05) is 34.8 Å². The van der Waals surface area contributed by atoms with Gasteiger partial charge >= 0.3 is 6.18 Å². The van der Waals surface area contributed by atoms with Crippen LogP contribution < -0.4 is 0 Å². The minimum atomic E-state index is -4.71. The lowest BCUT2D eigenvalue weighted by molar-refractivity contribution is -0.138. The smallest absolute Gasteiger partial charge is 0.296 e. The maximum Gasteiger partial charge on any atom is 0.418 e. The molecule has 1 aromatic carbocycles. The van der Waals surface area contributed by atoms with E-state index in [9.17, 15) is 18.0 Å². The molecular formula is C13H5Cl3F3NO. The van der Waals surface area contributed by atoms with Crippen molar-refractivity contribution in [1.29, 1.82) is 0 Å². The van der Waals surface area contributed by atoms with Crippen molar-refractivity contribution in [2.75, 3.05) is 0 Å². The first-order valence-electron chi connectivity index (χ1n) is 5.41. The molecule has 2 nitrogen and oxygen atoms in total. The molecule has 0 atom stereocenters. The number of nitrogens with zero attached hydrogens (tertiary/aromatic N) is 1. The number of aldehydes is 1. The lowest BCUT2D eigenvalue weighted by Gasteiger charge is -2.12. The van der Waals surface area contributed by atoms with Gasteiger partial charge in [-0.25, -0.2) is 0 Å².